The number of methoxy groups -OCH3 is 1. The summed E-state index contributed by atoms with van der Waals surface area (Å²) >= 11 is 0. The maximum Gasteiger partial charge on any atom is 0.277 e. The summed E-state index contributed by atoms with van der Waals surface area (Å²) in [6.45, 7) is 0.376. The summed E-state index contributed by atoms with van der Waals surface area (Å²) in [5, 5.41) is 3.94. The molecule has 0 radical (unpaired) electrons. The third kappa shape index (κ3) is 3.08. The number of para-hydroxylation sites is 1. The molecule has 2 aromatic carbocycles. The van der Waals surface area contributed by atoms with Gasteiger partial charge < -0.3 is 13.8 Å². The second kappa shape index (κ2) is 7.40. The standard InChI is InChI=1S/C21H15F2N5O3/c1-30-10-9-27-17-14(23)3-2-4-15(17)28-11-24-16(18(28)21(27)29)19-25-20(31-26-19)12-5-7-13(22)8-6-12/h2-8,11H,9-10H2,1H3. The molecule has 0 saturated carbocycles. The Morgan fingerprint density at radius 3 is 2.68 bits per heavy atom. The first-order chi connectivity index (χ1) is 15.1. The average Bonchev–Trinajstić information content (AvgIpc) is 3.42. The minimum atomic E-state index is -0.527. The highest BCUT2D eigenvalue weighted by Crippen LogP contribution is 2.26. The van der Waals surface area contributed by atoms with Crippen LogP contribution in [0.15, 0.2) is 58.1 Å². The molecule has 0 spiro atoms. The lowest BCUT2D eigenvalue weighted by Crippen LogP contribution is -2.25. The maximum absolute atomic E-state index is 14.6. The molecule has 0 amide bonds. The zero-order valence-electron chi connectivity index (χ0n) is 16.2. The van der Waals surface area contributed by atoms with Crippen molar-refractivity contribution in [1.29, 1.82) is 0 Å². The third-order valence-corrected chi connectivity index (χ3v) is 4.96. The van der Waals surface area contributed by atoms with Gasteiger partial charge in [-0.15, -0.1) is 0 Å². The second-order valence-corrected chi connectivity index (χ2v) is 6.80. The molecule has 31 heavy (non-hydrogen) atoms. The monoisotopic (exact) mass is 423 g/mol. The number of nitrogens with zero attached hydrogens (tertiary/aromatic N) is 5. The van der Waals surface area contributed by atoms with Crippen molar-refractivity contribution in [3.63, 3.8) is 0 Å². The predicted octanol–water partition coefficient (Wildman–Crippen LogP) is 3.29. The molecule has 0 N–H and O–H groups in total. The van der Waals surface area contributed by atoms with Gasteiger partial charge in [-0.2, -0.15) is 4.98 Å². The van der Waals surface area contributed by atoms with Crippen LogP contribution < -0.4 is 5.56 Å². The summed E-state index contributed by atoms with van der Waals surface area (Å²) in [7, 11) is 1.50. The smallest absolute Gasteiger partial charge is 0.277 e. The van der Waals surface area contributed by atoms with Crippen molar-refractivity contribution >= 4 is 16.6 Å². The molecule has 3 heterocycles. The normalized spacial score (nSPS) is 11.6. The van der Waals surface area contributed by atoms with Crippen molar-refractivity contribution < 1.29 is 18.0 Å². The van der Waals surface area contributed by atoms with E-state index in [1.165, 1.54) is 52.7 Å². The molecule has 0 aliphatic rings. The van der Waals surface area contributed by atoms with E-state index in [1.54, 1.807) is 12.1 Å². The van der Waals surface area contributed by atoms with Crippen LogP contribution in [0, 0.1) is 11.6 Å². The van der Waals surface area contributed by atoms with Crippen LogP contribution in [-0.4, -0.2) is 37.8 Å². The fourth-order valence-corrected chi connectivity index (χ4v) is 3.52. The lowest BCUT2D eigenvalue weighted by molar-refractivity contribution is 0.187. The van der Waals surface area contributed by atoms with E-state index < -0.39 is 11.4 Å². The van der Waals surface area contributed by atoms with Crippen molar-refractivity contribution in [1.82, 2.24) is 24.1 Å². The van der Waals surface area contributed by atoms with Gasteiger partial charge in [0, 0.05) is 19.2 Å². The van der Waals surface area contributed by atoms with Crippen molar-refractivity contribution in [3.8, 4) is 23.0 Å². The lowest BCUT2D eigenvalue weighted by Gasteiger charge is -2.12. The lowest BCUT2D eigenvalue weighted by atomic mass is 10.2. The molecule has 0 atom stereocenters. The van der Waals surface area contributed by atoms with E-state index in [9.17, 15) is 13.6 Å². The Hall–Kier alpha value is -3.92. The number of imidazole rings is 1. The highest BCUT2D eigenvalue weighted by molar-refractivity contribution is 5.84. The average molecular weight is 423 g/mol. The Balaban J connectivity index is 1.73. The number of hydrogen-bond donors (Lipinski definition) is 0. The van der Waals surface area contributed by atoms with Gasteiger partial charge in [0.05, 0.1) is 12.1 Å². The molecule has 0 aliphatic carbocycles. The highest BCUT2D eigenvalue weighted by Gasteiger charge is 2.22. The molecule has 5 rings (SSSR count). The SMILES string of the molecule is COCCn1c(=O)c2c(-c3noc(-c4ccc(F)cc4)n3)ncn2c2cccc(F)c21. The summed E-state index contributed by atoms with van der Waals surface area (Å²) in [4.78, 5) is 21.9. The third-order valence-electron chi connectivity index (χ3n) is 4.96. The zero-order valence-corrected chi connectivity index (χ0v) is 16.2. The summed E-state index contributed by atoms with van der Waals surface area (Å²) in [5.41, 5.74) is 1.05. The van der Waals surface area contributed by atoms with Gasteiger partial charge in [0.25, 0.3) is 11.4 Å². The molecule has 3 aromatic heterocycles. The number of rotatable bonds is 5. The van der Waals surface area contributed by atoms with Crippen LogP contribution in [0.1, 0.15) is 0 Å². The van der Waals surface area contributed by atoms with E-state index in [-0.39, 0.29) is 47.4 Å². The van der Waals surface area contributed by atoms with Gasteiger partial charge in [0.15, 0.2) is 0 Å². The Bertz CT molecular complexity index is 1470. The highest BCUT2D eigenvalue weighted by atomic mass is 19.1. The van der Waals surface area contributed by atoms with Gasteiger partial charge >= 0.3 is 0 Å². The number of halogens is 2. The quantitative estimate of drug-likeness (QED) is 0.431. The summed E-state index contributed by atoms with van der Waals surface area (Å²) in [5.74, 6) is -0.670. The van der Waals surface area contributed by atoms with Gasteiger partial charge in [0.1, 0.15) is 34.7 Å². The number of ether oxygens (including phenoxy) is 1. The van der Waals surface area contributed by atoms with E-state index in [4.69, 9.17) is 9.26 Å². The first kappa shape index (κ1) is 19.1. The van der Waals surface area contributed by atoms with Crippen molar-refractivity contribution in [2.24, 2.45) is 0 Å². The van der Waals surface area contributed by atoms with E-state index in [2.05, 4.69) is 15.1 Å². The minimum absolute atomic E-state index is 0.0907. The molecular formula is C21H15F2N5O3. The zero-order chi connectivity index (χ0) is 21.5. The van der Waals surface area contributed by atoms with Crippen molar-refractivity contribution in [2.45, 2.75) is 6.54 Å². The number of aromatic nitrogens is 5. The molecule has 8 nitrogen and oxygen atoms in total. The fourth-order valence-electron chi connectivity index (χ4n) is 3.52. The Labute approximate surface area is 173 Å². The Kier molecular flexibility index (Phi) is 4.55. The van der Waals surface area contributed by atoms with Gasteiger partial charge in [-0.3, -0.25) is 9.20 Å². The van der Waals surface area contributed by atoms with E-state index >= 15 is 0 Å². The van der Waals surface area contributed by atoms with Crippen LogP contribution in [0.3, 0.4) is 0 Å². The number of hydrogen-bond acceptors (Lipinski definition) is 6. The second-order valence-electron chi connectivity index (χ2n) is 6.80. The van der Waals surface area contributed by atoms with Gasteiger partial charge in [-0.25, -0.2) is 13.8 Å². The van der Waals surface area contributed by atoms with Crippen LogP contribution >= 0.6 is 0 Å². The van der Waals surface area contributed by atoms with Crippen LogP contribution in [0.25, 0.3) is 39.5 Å². The van der Waals surface area contributed by atoms with Crippen molar-refractivity contribution in [3.05, 3.63) is 70.8 Å². The first-order valence-electron chi connectivity index (χ1n) is 9.35. The minimum Gasteiger partial charge on any atom is -0.383 e. The number of benzene rings is 2. The molecule has 0 bridgehead atoms. The fraction of sp³-hybridized carbons (Fsp3) is 0.143. The molecular weight excluding hydrogens is 408 g/mol. The largest absolute Gasteiger partial charge is 0.383 e. The summed E-state index contributed by atoms with van der Waals surface area (Å²) in [6, 6.07) is 10.1. The molecule has 156 valence electrons. The van der Waals surface area contributed by atoms with Gasteiger partial charge in [0.2, 0.25) is 5.82 Å². The molecule has 0 fully saturated rings. The predicted molar refractivity (Wildman–Crippen MR) is 107 cm³/mol. The van der Waals surface area contributed by atoms with Crippen LogP contribution in [-0.2, 0) is 11.3 Å². The van der Waals surface area contributed by atoms with E-state index in [0.717, 1.165) is 0 Å². The molecule has 0 saturated heterocycles. The summed E-state index contributed by atoms with van der Waals surface area (Å²) in [6.07, 6.45) is 1.42. The molecule has 0 aliphatic heterocycles. The van der Waals surface area contributed by atoms with Gasteiger partial charge in [-0.05, 0) is 36.4 Å². The topological polar surface area (TPSA) is 87.5 Å². The molecule has 10 heteroatoms. The first-order valence-corrected chi connectivity index (χ1v) is 9.35. The Morgan fingerprint density at radius 2 is 1.90 bits per heavy atom. The maximum atomic E-state index is 14.6. The number of fused-ring (bicyclic) bond motifs is 3. The molecule has 5 aromatic rings. The van der Waals surface area contributed by atoms with E-state index in [1.807, 2.05) is 0 Å². The summed E-state index contributed by atoms with van der Waals surface area (Å²) < 4.78 is 41.0. The van der Waals surface area contributed by atoms with Crippen LogP contribution in [0.2, 0.25) is 0 Å². The van der Waals surface area contributed by atoms with Crippen LogP contribution in [0.4, 0.5) is 8.78 Å². The van der Waals surface area contributed by atoms with Crippen molar-refractivity contribution in [2.75, 3.05) is 13.7 Å². The van der Waals surface area contributed by atoms with E-state index in [0.29, 0.717) is 11.1 Å². The van der Waals surface area contributed by atoms with Crippen LogP contribution in [0.5, 0.6) is 0 Å². The van der Waals surface area contributed by atoms with Gasteiger partial charge in [-0.1, -0.05) is 11.2 Å². The molecule has 0 unspecified atom stereocenters. The Morgan fingerprint density at radius 1 is 1.10 bits per heavy atom.